The largest absolute Gasteiger partial charge is 0.376 e. The summed E-state index contributed by atoms with van der Waals surface area (Å²) in [5.41, 5.74) is -1.12. The predicted molar refractivity (Wildman–Crippen MR) is 72.1 cm³/mol. The summed E-state index contributed by atoms with van der Waals surface area (Å²) in [6.45, 7) is -0.524. The first-order chi connectivity index (χ1) is 10.5. The normalized spacial score (nSPS) is 10.7. The SMILES string of the molecule is COCC(=O)c1[nH]n(Cc2cc(F)cc(F)c2)c(=O)c1C=O. The molecule has 22 heavy (non-hydrogen) atoms. The number of aromatic nitrogens is 2. The maximum absolute atomic E-state index is 13.1. The Bertz CT molecular complexity index is 759. The molecule has 0 amide bonds. The summed E-state index contributed by atoms with van der Waals surface area (Å²) in [6.07, 6.45) is 0.254. The van der Waals surface area contributed by atoms with Crippen molar-refractivity contribution in [2.24, 2.45) is 0 Å². The lowest BCUT2D eigenvalue weighted by Crippen LogP contribution is -2.19. The molecule has 1 N–H and O–H groups in total. The van der Waals surface area contributed by atoms with Gasteiger partial charge >= 0.3 is 0 Å². The van der Waals surface area contributed by atoms with E-state index in [0.717, 1.165) is 16.8 Å². The van der Waals surface area contributed by atoms with Gasteiger partial charge in [0.2, 0.25) is 5.78 Å². The minimum atomic E-state index is -0.791. The zero-order valence-corrected chi connectivity index (χ0v) is 11.6. The third-order valence-electron chi connectivity index (χ3n) is 2.93. The molecule has 1 aromatic carbocycles. The number of halogens is 2. The van der Waals surface area contributed by atoms with Crippen LogP contribution in [0.1, 0.15) is 26.4 Å². The summed E-state index contributed by atoms with van der Waals surface area (Å²) < 4.78 is 31.9. The molecule has 8 heteroatoms. The van der Waals surface area contributed by atoms with E-state index < -0.39 is 23.0 Å². The average Bonchev–Trinajstić information content (AvgIpc) is 2.74. The molecule has 0 aliphatic carbocycles. The van der Waals surface area contributed by atoms with Gasteiger partial charge < -0.3 is 4.74 Å². The quantitative estimate of drug-likeness (QED) is 0.641. The molecule has 0 unspecified atom stereocenters. The third-order valence-corrected chi connectivity index (χ3v) is 2.93. The van der Waals surface area contributed by atoms with Crippen molar-refractivity contribution in [2.45, 2.75) is 6.54 Å². The first kappa shape index (κ1) is 15.8. The van der Waals surface area contributed by atoms with E-state index >= 15 is 0 Å². The van der Waals surface area contributed by atoms with E-state index in [0.29, 0.717) is 6.07 Å². The van der Waals surface area contributed by atoms with Gasteiger partial charge in [0.1, 0.15) is 29.5 Å². The molecule has 0 radical (unpaired) electrons. The molecular formula is C14H12F2N2O4. The number of nitrogens with one attached hydrogen (secondary N) is 1. The smallest absolute Gasteiger partial charge is 0.278 e. The number of carbonyl (C=O) groups excluding carboxylic acids is 2. The molecule has 1 heterocycles. The zero-order valence-electron chi connectivity index (χ0n) is 11.6. The number of ether oxygens (including phenoxy) is 1. The number of aldehydes is 1. The van der Waals surface area contributed by atoms with Crippen molar-refractivity contribution in [3.05, 3.63) is 57.0 Å². The highest BCUT2D eigenvalue weighted by Crippen LogP contribution is 2.09. The fourth-order valence-corrected chi connectivity index (χ4v) is 2.02. The molecular weight excluding hydrogens is 298 g/mol. The second-order valence-corrected chi connectivity index (χ2v) is 4.54. The summed E-state index contributed by atoms with van der Waals surface area (Å²) in [5.74, 6) is -2.16. The number of methoxy groups -OCH3 is 1. The monoisotopic (exact) mass is 310 g/mol. The van der Waals surface area contributed by atoms with E-state index in [-0.39, 0.29) is 36.3 Å². The van der Waals surface area contributed by atoms with Gasteiger partial charge in [0.25, 0.3) is 5.56 Å². The van der Waals surface area contributed by atoms with E-state index in [1.165, 1.54) is 7.11 Å². The molecule has 0 spiro atoms. The van der Waals surface area contributed by atoms with Crippen LogP contribution in [0.2, 0.25) is 0 Å². The molecule has 6 nitrogen and oxygen atoms in total. The summed E-state index contributed by atoms with van der Waals surface area (Å²) in [5, 5.41) is 2.47. The highest BCUT2D eigenvalue weighted by Gasteiger charge is 2.19. The molecule has 2 rings (SSSR count). The van der Waals surface area contributed by atoms with Gasteiger partial charge in [-0.2, -0.15) is 0 Å². The number of ketones is 1. The lowest BCUT2D eigenvalue weighted by atomic mass is 10.2. The van der Waals surface area contributed by atoms with Crippen molar-refractivity contribution in [3.8, 4) is 0 Å². The van der Waals surface area contributed by atoms with Crippen LogP contribution in [0.25, 0.3) is 0 Å². The lowest BCUT2D eigenvalue weighted by Gasteiger charge is -2.03. The van der Waals surface area contributed by atoms with Gasteiger partial charge in [-0.1, -0.05) is 0 Å². The summed E-state index contributed by atoms with van der Waals surface area (Å²) in [6, 6.07) is 2.80. The maximum atomic E-state index is 13.1. The Morgan fingerprint density at radius 3 is 2.50 bits per heavy atom. The van der Waals surface area contributed by atoms with Crippen molar-refractivity contribution in [3.63, 3.8) is 0 Å². The van der Waals surface area contributed by atoms with Crippen LogP contribution in [-0.4, -0.2) is 35.6 Å². The number of hydrogen-bond acceptors (Lipinski definition) is 4. The first-order valence-corrected chi connectivity index (χ1v) is 6.21. The van der Waals surface area contributed by atoms with Crippen molar-refractivity contribution < 1.29 is 23.1 Å². The Morgan fingerprint density at radius 1 is 1.32 bits per heavy atom. The van der Waals surface area contributed by atoms with Crippen LogP contribution in [0.5, 0.6) is 0 Å². The molecule has 0 aliphatic rings. The van der Waals surface area contributed by atoms with Crippen molar-refractivity contribution in [1.82, 2.24) is 9.78 Å². The van der Waals surface area contributed by atoms with Gasteiger partial charge in [-0.15, -0.1) is 0 Å². The van der Waals surface area contributed by atoms with Crippen molar-refractivity contribution in [2.75, 3.05) is 13.7 Å². The van der Waals surface area contributed by atoms with Gasteiger partial charge in [0, 0.05) is 13.2 Å². The topological polar surface area (TPSA) is 81.2 Å². The molecule has 116 valence electrons. The summed E-state index contributed by atoms with van der Waals surface area (Å²) >= 11 is 0. The summed E-state index contributed by atoms with van der Waals surface area (Å²) in [7, 11) is 1.29. The maximum Gasteiger partial charge on any atom is 0.278 e. The number of Topliss-reactive ketones (excluding diaryl/α,β-unsaturated/α-hetero) is 1. The fraction of sp³-hybridized carbons (Fsp3) is 0.214. The van der Waals surface area contributed by atoms with Gasteiger partial charge in [0.15, 0.2) is 6.29 Å². The molecule has 2 aromatic rings. The Kier molecular flexibility index (Phi) is 4.62. The number of aromatic amines is 1. The van der Waals surface area contributed by atoms with Crippen LogP contribution in [0.4, 0.5) is 8.78 Å². The number of H-pyrrole nitrogens is 1. The van der Waals surface area contributed by atoms with E-state index in [4.69, 9.17) is 0 Å². The Morgan fingerprint density at radius 2 is 1.95 bits per heavy atom. The summed E-state index contributed by atoms with van der Waals surface area (Å²) in [4.78, 5) is 34.8. The Labute approximate surface area is 123 Å². The fourth-order valence-electron chi connectivity index (χ4n) is 2.02. The number of hydrogen-bond donors (Lipinski definition) is 1. The highest BCUT2D eigenvalue weighted by molar-refractivity contribution is 6.01. The van der Waals surface area contributed by atoms with Crippen LogP contribution in [-0.2, 0) is 11.3 Å². The average molecular weight is 310 g/mol. The van der Waals surface area contributed by atoms with Gasteiger partial charge in [-0.25, -0.2) is 13.5 Å². The van der Waals surface area contributed by atoms with E-state index in [2.05, 4.69) is 9.84 Å². The zero-order chi connectivity index (χ0) is 16.3. The van der Waals surface area contributed by atoms with E-state index in [9.17, 15) is 23.2 Å². The second-order valence-electron chi connectivity index (χ2n) is 4.54. The minimum absolute atomic E-state index is 0.170. The van der Waals surface area contributed by atoms with Gasteiger partial charge in [0.05, 0.1) is 6.54 Å². The van der Waals surface area contributed by atoms with Crippen LogP contribution >= 0.6 is 0 Å². The minimum Gasteiger partial charge on any atom is -0.376 e. The molecule has 0 fully saturated rings. The number of carbonyl (C=O) groups is 2. The number of nitrogens with zero attached hydrogens (tertiary/aromatic N) is 1. The molecule has 0 atom stereocenters. The van der Waals surface area contributed by atoms with Crippen LogP contribution in [0, 0.1) is 11.6 Å². The van der Waals surface area contributed by atoms with Crippen LogP contribution in [0.15, 0.2) is 23.0 Å². The molecule has 0 bridgehead atoms. The number of benzene rings is 1. The van der Waals surface area contributed by atoms with Crippen molar-refractivity contribution in [1.29, 1.82) is 0 Å². The van der Waals surface area contributed by atoms with Crippen LogP contribution in [0.3, 0.4) is 0 Å². The van der Waals surface area contributed by atoms with Crippen LogP contribution < -0.4 is 5.56 Å². The van der Waals surface area contributed by atoms with Gasteiger partial charge in [-0.05, 0) is 17.7 Å². The second kappa shape index (κ2) is 6.44. The lowest BCUT2D eigenvalue weighted by molar-refractivity contribution is 0.0839. The van der Waals surface area contributed by atoms with E-state index in [1.54, 1.807) is 0 Å². The highest BCUT2D eigenvalue weighted by atomic mass is 19.1. The number of rotatable bonds is 6. The predicted octanol–water partition coefficient (Wildman–Crippen LogP) is 1.14. The molecule has 0 aliphatic heterocycles. The van der Waals surface area contributed by atoms with Gasteiger partial charge in [-0.3, -0.25) is 19.5 Å². The van der Waals surface area contributed by atoms with Crippen molar-refractivity contribution >= 4 is 12.1 Å². The Balaban J connectivity index is 2.42. The molecule has 0 saturated heterocycles. The standard InChI is InChI=1S/C14H12F2N2O4/c1-22-7-12(20)13-11(6-19)14(21)18(17-13)5-8-2-9(15)4-10(16)3-8/h2-4,6,17H,5,7H2,1H3. The third kappa shape index (κ3) is 3.17. The molecule has 1 aromatic heterocycles. The Hall–Kier alpha value is -2.61. The molecule has 0 saturated carbocycles. The first-order valence-electron chi connectivity index (χ1n) is 6.21. The van der Waals surface area contributed by atoms with E-state index in [1.807, 2.05) is 0 Å².